The third-order valence-corrected chi connectivity index (χ3v) is 5.69. The Bertz CT molecular complexity index is 596. The highest BCUT2D eigenvalue weighted by atomic mass is 32.2. The molecule has 0 fully saturated rings. The fourth-order valence-electron chi connectivity index (χ4n) is 1.52. The van der Waals surface area contributed by atoms with E-state index in [-0.39, 0.29) is 0 Å². The van der Waals surface area contributed by atoms with Gasteiger partial charge >= 0.3 is 0 Å². The summed E-state index contributed by atoms with van der Waals surface area (Å²) in [6.45, 7) is 3.72. The van der Waals surface area contributed by atoms with Crippen molar-refractivity contribution in [2.75, 3.05) is 0 Å². The summed E-state index contributed by atoms with van der Waals surface area (Å²) in [7, 11) is -3.33. The zero-order valence-electron chi connectivity index (χ0n) is 9.10. The Hall–Kier alpha value is -1.13. The fourth-order valence-corrected chi connectivity index (χ4v) is 4.22. The van der Waals surface area contributed by atoms with E-state index in [4.69, 9.17) is 0 Å². The highest BCUT2D eigenvalue weighted by molar-refractivity contribution is 7.93. The number of aryl methyl sites for hydroxylation is 2. The van der Waals surface area contributed by atoms with E-state index in [0.29, 0.717) is 9.10 Å². The van der Waals surface area contributed by atoms with Crippen LogP contribution in [0, 0.1) is 13.8 Å². The smallest absolute Gasteiger partial charge is 0.216 e. The van der Waals surface area contributed by atoms with Gasteiger partial charge in [-0.25, -0.2) is 8.42 Å². The summed E-state index contributed by atoms with van der Waals surface area (Å²) < 4.78 is 25.0. The molecule has 2 nitrogen and oxygen atoms in total. The number of benzene rings is 1. The number of hydrogen-bond acceptors (Lipinski definition) is 3. The monoisotopic (exact) mass is 252 g/mol. The average Bonchev–Trinajstić information content (AvgIpc) is 2.75. The van der Waals surface area contributed by atoms with Crippen molar-refractivity contribution in [2.45, 2.75) is 23.0 Å². The van der Waals surface area contributed by atoms with Crippen LogP contribution in [0.15, 0.2) is 44.8 Å². The van der Waals surface area contributed by atoms with Gasteiger partial charge in [0.15, 0.2) is 0 Å². The van der Waals surface area contributed by atoms with Crippen molar-refractivity contribution in [1.29, 1.82) is 0 Å². The van der Waals surface area contributed by atoms with Gasteiger partial charge in [-0.1, -0.05) is 18.2 Å². The molecule has 1 heterocycles. The molecule has 2 rings (SSSR count). The standard InChI is InChI=1S/C12H12O2S2/c1-9-5-6-10(2)11(8-9)16(13,14)12-4-3-7-15-12/h3-8H,1-2H3. The second-order valence-electron chi connectivity index (χ2n) is 3.70. The maximum absolute atomic E-state index is 12.3. The van der Waals surface area contributed by atoms with Crippen LogP contribution in [0.25, 0.3) is 0 Å². The van der Waals surface area contributed by atoms with Crippen molar-refractivity contribution >= 4 is 21.2 Å². The molecule has 0 unspecified atom stereocenters. The van der Waals surface area contributed by atoms with Gasteiger partial charge < -0.3 is 0 Å². The van der Waals surface area contributed by atoms with Crippen LogP contribution < -0.4 is 0 Å². The minimum Gasteiger partial charge on any atom is -0.218 e. The number of sulfone groups is 1. The van der Waals surface area contributed by atoms with Crippen molar-refractivity contribution in [3.05, 3.63) is 46.8 Å². The summed E-state index contributed by atoms with van der Waals surface area (Å²) in [5.74, 6) is 0. The third kappa shape index (κ3) is 1.90. The maximum atomic E-state index is 12.3. The lowest BCUT2D eigenvalue weighted by Gasteiger charge is -2.06. The van der Waals surface area contributed by atoms with Gasteiger partial charge in [-0.05, 0) is 42.5 Å². The molecule has 0 saturated carbocycles. The van der Waals surface area contributed by atoms with Crippen molar-refractivity contribution in [3.8, 4) is 0 Å². The first kappa shape index (κ1) is 11.4. The Morgan fingerprint density at radius 1 is 1.12 bits per heavy atom. The zero-order valence-corrected chi connectivity index (χ0v) is 10.7. The summed E-state index contributed by atoms with van der Waals surface area (Å²) >= 11 is 1.25. The molecule has 0 atom stereocenters. The minimum absolute atomic E-state index is 0.404. The molecule has 0 saturated heterocycles. The number of rotatable bonds is 2. The number of hydrogen-bond donors (Lipinski definition) is 0. The Labute approximate surface area is 99.5 Å². The Kier molecular flexibility index (Phi) is 2.86. The van der Waals surface area contributed by atoms with Crippen LogP contribution in [0.1, 0.15) is 11.1 Å². The third-order valence-electron chi connectivity index (χ3n) is 2.39. The lowest BCUT2D eigenvalue weighted by molar-refractivity contribution is 0.597. The van der Waals surface area contributed by atoms with Crippen LogP contribution in [0.3, 0.4) is 0 Å². The zero-order chi connectivity index (χ0) is 11.8. The second kappa shape index (κ2) is 4.03. The van der Waals surface area contributed by atoms with Gasteiger partial charge in [0.05, 0.1) is 4.90 Å². The quantitative estimate of drug-likeness (QED) is 0.822. The molecule has 1 aromatic heterocycles. The van der Waals surface area contributed by atoms with Crippen LogP contribution in [-0.4, -0.2) is 8.42 Å². The van der Waals surface area contributed by atoms with E-state index in [9.17, 15) is 8.42 Å². The molecule has 0 radical (unpaired) electrons. The molecule has 84 valence electrons. The van der Waals surface area contributed by atoms with Crippen LogP contribution in [-0.2, 0) is 9.84 Å². The molecule has 0 N–H and O–H groups in total. The Balaban J connectivity index is 2.65. The first-order valence-electron chi connectivity index (χ1n) is 4.87. The molecular formula is C12H12O2S2. The van der Waals surface area contributed by atoms with Gasteiger partial charge in [-0.2, -0.15) is 0 Å². The lowest BCUT2D eigenvalue weighted by atomic mass is 10.2. The van der Waals surface area contributed by atoms with Crippen LogP contribution in [0.4, 0.5) is 0 Å². The van der Waals surface area contributed by atoms with Crippen molar-refractivity contribution in [3.63, 3.8) is 0 Å². The summed E-state index contributed by atoms with van der Waals surface area (Å²) in [5, 5.41) is 1.78. The van der Waals surface area contributed by atoms with Crippen molar-refractivity contribution in [2.24, 2.45) is 0 Å². The van der Waals surface area contributed by atoms with Crippen molar-refractivity contribution < 1.29 is 8.42 Å². The van der Waals surface area contributed by atoms with Crippen molar-refractivity contribution in [1.82, 2.24) is 0 Å². The van der Waals surface area contributed by atoms with Gasteiger partial charge in [-0.15, -0.1) is 11.3 Å². The normalized spacial score (nSPS) is 11.6. The molecule has 2 aromatic rings. The first-order chi connectivity index (χ1) is 7.51. The van der Waals surface area contributed by atoms with E-state index in [0.717, 1.165) is 11.1 Å². The van der Waals surface area contributed by atoms with E-state index in [2.05, 4.69) is 0 Å². The van der Waals surface area contributed by atoms with Crippen LogP contribution in [0.2, 0.25) is 0 Å². The second-order valence-corrected chi connectivity index (χ2v) is 6.80. The van der Waals surface area contributed by atoms with Gasteiger partial charge in [0, 0.05) is 0 Å². The van der Waals surface area contributed by atoms with E-state index in [1.165, 1.54) is 11.3 Å². The fraction of sp³-hybridized carbons (Fsp3) is 0.167. The Morgan fingerprint density at radius 2 is 1.88 bits per heavy atom. The predicted octanol–water partition coefficient (Wildman–Crippen LogP) is 3.20. The van der Waals surface area contributed by atoms with E-state index >= 15 is 0 Å². The van der Waals surface area contributed by atoms with Gasteiger partial charge in [0.1, 0.15) is 4.21 Å². The predicted molar refractivity (Wildman–Crippen MR) is 65.7 cm³/mol. The summed E-state index contributed by atoms with van der Waals surface area (Å²) in [5.41, 5.74) is 1.75. The van der Waals surface area contributed by atoms with Gasteiger partial charge in [-0.3, -0.25) is 0 Å². The van der Waals surface area contributed by atoms with E-state index in [1.807, 2.05) is 26.0 Å². The summed E-state index contributed by atoms with van der Waals surface area (Å²) in [6, 6.07) is 8.88. The van der Waals surface area contributed by atoms with Crippen LogP contribution >= 0.6 is 11.3 Å². The molecule has 16 heavy (non-hydrogen) atoms. The van der Waals surface area contributed by atoms with Gasteiger partial charge in [0.25, 0.3) is 0 Å². The molecule has 0 amide bonds. The number of thiophene rings is 1. The Morgan fingerprint density at radius 3 is 2.50 bits per heavy atom. The molecule has 0 spiro atoms. The van der Waals surface area contributed by atoms with E-state index in [1.54, 1.807) is 23.6 Å². The first-order valence-corrected chi connectivity index (χ1v) is 7.24. The molecule has 0 aliphatic carbocycles. The van der Waals surface area contributed by atoms with Gasteiger partial charge in [0.2, 0.25) is 9.84 Å². The highest BCUT2D eigenvalue weighted by Gasteiger charge is 2.20. The van der Waals surface area contributed by atoms with E-state index < -0.39 is 9.84 Å². The molecule has 0 aliphatic rings. The largest absolute Gasteiger partial charge is 0.218 e. The maximum Gasteiger partial charge on any atom is 0.216 e. The molecular weight excluding hydrogens is 240 g/mol. The topological polar surface area (TPSA) is 34.1 Å². The lowest BCUT2D eigenvalue weighted by Crippen LogP contribution is -2.02. The minimum atomic E-state index is -3.33. The summed E-state index contributed by atoms with van der Waals surface area (Å²) in [6.07, 6.45) is 0. The molecule has 4 heteroatoms. The average molecular weight is 252 g/mol. The summed E-state index contributed by atoms with van der Waals surface area (Å²) in [4.78, 5) is 0.412. The van der Waals surface area contributed by atoms with Crippen LogP contribution in [0.5, 0.6) is 0 Å². The SMILES string of the molecule is Cc1ccc(C)c(S(=O)(=O)c2cccs2)c1. The highest BCUT2D eigenvalue weighted by Crippen LogP contribution is 2.27. The molecule has 0 aliphatic heterocycles. The molecule has 1 aromatic carbocycles. The molecule has 0 bridgehead atoms.